The lowest BCUT2D eigenvalue weighted by atomic mass is 9.97. The van der Waals surface area contributed by atoms with Gasteiger partial charge < -0.3 is 14.6 Å². The number of nitriles is 1. The molecule has 0 unspecified atom stereocenters. The standard InChI is InChI=1S/C20H21NO4/c1-3-4-19-15(5-10-18(14(2)22)20(19)23)13-25-17-8-6-16(7-9-17)24-12-11-21/h5-10,23H,3-4,12-13H2,1-2H3. The maximum absolute atomic E-state index is 11.6. The smallest absolute Gasteiger partial charge is 0.174 e. The SMILES string of the molecule is CCCc1c(COc2ccc(OCC#N)cc2)ccc(C(C)=O)c1O. The van der Waals surface area contributed by atoms with Gasteiger partial charge in [-0.25, -0.2) is 0 Å². The molecule has 0 saturated heterocycles. The van der Waals surface area contributed by atoms with Crippen molar-refractivity contribution >= 4 is 5.78 Å². The Morgan fingerprint density at radius 3 is 2.32 bits per heavy atom. The molecule has 0 aliphatic rings. The van der Waals surface area contributed by atoms with Crippen molar-refractivity contribution in [1.29, 1.82) is 5.26 Å². The van der Waals surface area contributed by atoms with E-state index in [2.05, 4.69) is 0 Å². The van der Waals surface area contributed by atoms with Crippen LogP contribution in [0.15, 0.2) is 36.4 Å². The summed E-state index contributed by atoms with van der Waals surface area (Å²) in [6.45, 7) is 3.75. The number of hydrogen-bond donors (Lipinski definition) is 1. The maximum atomic E-state index is 11.6. The van der Waals surface area contributed by atoms with Crippen molar-refractivity contribution in [3.05, 3.63) is 53.1 Å². The third-order valence-electron chi connectivity index (χ3n) is 3.78. The van der Waals surface area contributed by atoms with Gasteiger partial charge in [-0.2, -0.15) is 5.26 Å². The minimum atomic E-state index is -0.157. The van der Waals surface area contributed by atoms with Crippen molar-refractivity contribution in [1.82, 2.24) is 0 Å². The summed E-state index contributed by atoms with van der Waals surface area (Å²) in [5.41, 5.74) is 1.95. The maximum Gasteiger partial charge on any atom is 0.174 e. The third kappa shape index (κ3) is 4.74. The molecule has 130 valence electrons. The van der Waals surface area contributed by atoms with Gasteiger partial charge in [0.25, 0.3) is 0 Å². The molecular weight excluding hydrogens is 318 g/mol. The highest BCUT2D eigenvalue weighted by Gasteiger charge is 2.15. The van der Waals surface area contributed by atoms with E-state index >= 15 is 0 Å². The fourth-order valence-electron chi connectivity index (χ4n) is 2.54. The Hall–Kier alpha value is -3.00. The van der Waals surface area contributed by atoms with E-state index in [0.29, 0.717) is 30.1 Å². The first-order valence-corrected chi connectivity index (χ1v) is 8.14. The molecule has 0 aliphatic heterocycles. The fraction of sp³-hybridized carbons (Fsp3) is 0.300. The van der Waals surface area contributed by atoms with Crippen molar-refractivity contribution in [3.63, 3.8) is 0 Å². The first-order chi connectivity index (χ1) is 12.1. The van der Waals surface area contributed by atoms with Crippen LogP contribution in [0.4, 0.5) is 0 Å². The summed E-state index contributed by atoms with van der Waals surface area (Å²) in [5.74, 6) is 1.15. The van der Waals surface area contributed by atoms with Gasteiger partial charge in [-0.05, 0) is 49.2 Å². The molecule has 0 bridgehead atoms. The molecule has 2 aromatic carbocycles. The van der Waals surface area contributed by atoms with Crippen molar-refractivity contribution in [2.75, 3.05) is 6.61 Å². The quantitative estimate of drug-likeness (QED) is 0.735. The molecule has 5 nitrogen and oxygen atoms in total. The second-order valence-corrected chi connectivity index (χ2v) is 5.61. The number of phenols is 1. The normalized spacial score (nSPS) is 10.1. The summed E-state index contributed by atoms with van der Waals surface area (Å²) >= 11 is 0. The van der Waals surface area contributed by atoms with Gasteiger partial charge in [-0.3, -0.25) is 4.79 Å². The van der Waals surface area contributed by atoms with E-state index in [4.69, 9.17) is 14.7 Å². The zero-order valence-corrected chi connectivity index (χ0v) is 14.4. The summed E-state index contributed by atoms with van der Waals surface area (Å²) in [6, 6.07) is 12.4. The number of Topliss-reactive ketones (excluding diaryl/α,β-unsaturated/α-hetero) is 1. The Balaban J connectivity index is 2.13. The Morgan fingerprint density at radius 1 is 1.12 bits per heavy atom. The minimum Gasteiger partial charge on any atom is -0.507 e. The van der Waals surface area contributed by atoms with Crippen LogP contribution in [0.3, 0.4) is 0 Å². The van der Waals surface area contributed by atoms with Crippen molar-refractivity contribution < 1.29 is 19.4 Å². The van der Waals surface area contributed by atoms with Gasteiger partial charge in [-0.1, -0.05) is 19.4 Å². The first-order valence-electron chi connectivity index (χ1n) is 8.14. The number of rotatable bonds is 8. The number of phenolic OH excluding ortho intramolecular Hbond substituents is 1. The number of nitrogens with zero attached hydrogens (tertiary/aromatic N) is 1. The molecule has 5 heteroatoms. The molecule has 2 aromatic rings. The Kier molecular flexibility index (Phi) is 6.41. The molecule has 0 fully saturated rings. The lowest BCUT2D eigenvalue weighted by molar-refractivity contribution is 0.101. The average Bonchev–Trinajstić information content (AvgIpc) is 2.61. The molecule has 1 N–H and O–H groups in total. The summed E-state index contributed by atoms with van der Waals surface area (Å²) in [4.78, 5) is 11.6. The van der Waals surface area contributed by atoms with E-state index in [-0.39, 0.29) is 18.1 Å². The topological polar surface area (TPSA) is 79.5 Å². The highest BCUT2D eigenvalue weighted by atomic mass is 16.5. The van der Waals surface area contributed by atoms with Crippen LogP contribution < -0.4 is 9.47 Å². The Morgan fingerprint density at radius 2 is 1.76 bits per heavy atom. The molecule has 25 heavy (non-hydrogen) atoms. The van der Waals surface area contributed by atoms with Crippen molar-refractivity contribution in [2.24, 2.45) is 0 Å². The number of benzene rings is 2. The zero-order valence-electron chi connectivity index (χ0n) is 14.4. The van der Waals surface area contributed by atoms with Gasteiger partial charge in [0.2, 0.25) is 0 Å². The lowest BCUT2D eigenvalue weighted by Crippen LogP contribution is -2.04. The molecule has 0 aliphatic carbocycles. The van der Waals surface area contributed by atoms with Crippen LogP contribution in [0.25, 0.3) is 0 Å². The second-order valence-electron chi connectivity index (χ2n) is 5.61. The van der Waals surface area contributed by atoms with E-state index in [0.717, 1.165) is 17.5 Å². The number of ketones is 1. The van der Waals surface area contributed by atoms with Gasteiger partial charge in [0.05, 0.1) is 5.56 Å². The molecule has 0 aromatic heterocycles. The molecule has 2 rings (SSSR count). The number of hydrogen-bond acceptors (Lipinski definition) is 5. The molecular formula is C20H21NO4. The Bertz CT molecular complexity index is 776. The van der Waals surface area contributed by atoms with Gasteiger partial charge >= 0.3 is 0 Å². The van der Waals surface area contributed by atoms with Crippen LogP contribution in [0.2, 0.25) is 0 Å². The molecule has 0 amide bonds. The van der Waals surface area contributed by atoms with Gasteiger partial charge in [-0.15, -0.1) is 0 Å². The number of carbonyl (C=O) groups is 1. The first kappa shape index (κ1) is 18.3. The summed E-state index contributed by atoms with van der Waals surface area (Å²) in [7, 11) is 0. The van der Waals surface area contributed by atoms with Crippen LogP contribution >= 0.6 is 0 Å². The highest BCUT2D eigenvalue weighted by molar-refractivity contribution is 5.97. The predicted octanol–water partition coefficient (Wildman–Crippen LogP) is 4.03. The van der Waals surface area contributed by atoms with E-state index in [1.807, 2.05) is 19.1 Å². The Labute approximate surface area is 147 Å². The van der Waals surface area contributed by atoms with Crippen molar-refractivity contribution in [2.45, 2.75) is 33.3 Å². The van der Waals surface area contributed by atoms with Crippen LogP contribution in [0.1, 0.15) is 41.8 Å². The van der Waals surface area contributed by atoms with Gasteiger partial charge in [0.15, 0.2) is 12.4 Å². The molecule has 0 saturated carbocycles. The molecule has 0 spiro atoms. The largest absolute Gasteiger partial charge is 0.507 e. The average molecular weight is 339 g/mol. The molecule has 0 atom stereocenters. The number of aromatic hydroxyl groups is 1. The zero-order chi connectivity index (χ0) is 18.2. The summed E-state index contributed by atoms with van der Waals surface area (Å²) in [5, 5.41) is 18.9. The van der Waals surface area contributed by atoms with E-state index in [1.54, 1.807) is 30.3 Å². The number of ether oxygens (including phenoxy) is 2. The third-order valence-corrected chi connectivity index (χ3v) is 3.78. The van der Waals surface area contributed by atoms with Crippen molar-refractivity contribution in [3.8, 4) is 23.3 Å². The van der Waals surface area contributed by atoms with Gasteiger partial charge in [0, 0.05) is 5.56 Å². The van der Waals surface area contributed by atoms with E-state index < -0.39 is 0 Å². The fourth-order valence-corrected chi connectivity index (χ4v) is 2.54. The van der Waals surface area contributed by atoms with Crippen LogP contribution in [0.5, 0.6) is 17.2 Å². The van der Waals surface area contributed by atoms with Crippen LogP contribution in [0, 0.1) is 11.3 Å². The summed E-state index contributed by atoms with van der Waals surface area (Å²) in [6.07, 6.45) is 1.53. The highest BCUT2D eigenvalue weighted by Crippen LogP contribution is 2.29. The van der Waals surface area contributed by atoms with Gasteiger partial charge in [0.1, 0.15) is 29.9 Å². The summed E-state index contributed by atoms with van der Waals surface area (Å²) < 4.78 is 11.0. The van der Waals surface area contributed by atoms with Crippen LogP contribution in [-0.4, -0.2) is 17.5 Å². The minimum absolute atomic E-state index is 0.00234. The lowest BCUT2D eigenvalue weighted by Gasteiger charge is -2.14. The molecule has 0 radical (unpaired) electrons. The van der Waals surface area contributed by atoms with E-state index in [9.17, 15) is 9.90 Å². The number of carbonyl (C=O) groups excluding carboxylic acids is 1. The second kappa shape index (κ2) is 8.74. The monoisotopic (exact) mass is 339 g/mol. The van der Waals surface area contributed by atoms with Crippen LogP contribution in [-0.2, 0) is 13.0 Å². The predicted molar refractivity (Wildman–Crippen MR) is 94.0 cm³/mol. The van der Waals surface area contributed by atoms with E-state index in [1.165, 1.54) is 6.92 Å². The molecule has 0 heterocycles.